The van der Waals surface area contributed by atoms with Gasteiger partial charge in [-0.3, -0.25) is 9.20 Å². The van der Waals surface area contributed by atoms with Crippen LogP contribution in [-0.4, -0.2) is 18.8 Å². The Morgan fingerprint density at radius 2 is 1.36 bits per heavy atom. The first-order valence-electron chi connectivity index (χ1n) is 12.8. The number of hydrogen-bond donors (Lipinski definition) is 0. The molecule has 0 spiro atoms. The van der Waals surface area contributed by atoms with Crippen LogP contribution in [0, 0.1) is 0 Å². The van der Waals surface area contributed by atoms with Gasteiger partial charge < -0.3 is 4.42 Å². The standard InChI is InChI=1S/C33H18N4O2/c38-32-21-8-1-3-11-24(21)34-31-23-18-19(20-10-7-15-29-30(20)22-9-2-6-14-28(22)39-29)16-17-26(23)36-27-13-5-4-12-25(27)35-33(36)37(31)32/h1-18H. The second-order valence-electron chi connectivity index (χ2n) is 9.84. The lowest BCUT2D eigenvalue weighted by Gasteiger charge is -2.12. The molecule has 0 aliphatic heterocycles. The molecule has 9 rings (SSSR count). The van der Waals surface area contributed by atoms with Gasteiger partial charge in [0.05, 0.1) is 27.5 Å². The van der Waals surface area contributed by atoms with E-state index < -0.39 is 0 Å². The molecular formula is C33H18N4O2. The molecule has 182 valence electrons. The average Bonchev–Trinajstić information content (AvgIpc) is 3.56. The monoisotopic (exact) mass is 502 g/mol. The summed E-state index contributed by atoms with van der Waals surface area (Å²) in [5.41, 5.74) is 7.61. The third-order valence-electron chi connectivity index (χ3n) is 7.71. The van der Waals surface area contributed by atoms with Gasteiger partial charge in [0.15, 0.2) is 5.65 Å². The highest BCUT2D eigenvalue weighted by molar-refractivity contribution is 6.13. The molecule has 0 radical (unpaired) electrons. The third-order valence-corrected chi connectivity index (χ3v) is 7.71. The van der Waals surface area contributed by atoms with Crippen molar-refractivity contribution in [2.24, 2.45) is 0 Å². The Balaban J connectivity index is 1.49. The van der Waals surface area contributed by atoms with E-state index in [9.17, 15) is 4.79 Å². The van der Waals surface area contributed by atoms with Crippen molar-refractivity contribution >= 4 is 66.2 Å². The Hall–Kier alpha value is -5.49. The Morgan fingerprint density at radius 1 is 0.590 bits per heavy atom. The molecule has 9 aromatic rings. The summed E-state index contributed by atoms with van der Waals surface area (Å²) in [7, 11) is 0. The van der Waals surface area contributed by atoms with E-state index in [1.165, 1.54) is 0 Å². The van der Waals surface area contributed by atoms with Crippen molar-refractivity contribution in [2.75, 3.05) is 0 Å². The van der Waals surface area contributed by atoms with E-state index in [0.29, 0.717) is 22.3 Å². The van der Waals surface area contributed by atoms with Crippen LogP contribution in [0.3, 0.4) is 0 Å². The molecule has 0 unspecified atom stereocenters. The van der Waals surface area contributed by atoms with E-state index >= 15 is 0 Å². The zero-order valence-electron chi connectivity index (χ0n) is 20.5. The molecular weight excluding hydrogens is 484 g/mol. The molecule has 4 aromatic heterocycles. The quantitative estimate of drug-likeness (QED) is 0.174. The minimum atomic E-state index is -0.133. The molecule has 0 N–H and O–H groups in total. The summed E-state index contributed by atoms with van der Waals surface area (Å²) >= 11 is 0. The van der Waals surface area contributed by atoms with Gasteiger partial charge >= 0.3 is 0 Å². The maximum Gasteiger partial charge on any atom is 0.268 e. The summed E-state index contributed by atoms with van der Waals surface area (Å²) in [6.07, 6.45) is 0. The molecule has 0 saturated carbocycles. The summed E-state index contributed by atoms with van der Waals surface area (Å²) in [4.78, 5) is 23.8. The fourth-order valence-electron chi connectivity index (χ4n) is 5.99. The van der Waals surface area contributed by atoms with Crippen molar-refractivity contribution in [2.45, 2.75) is 0 Å². The highest BCUT2D eigenvalue weighted by Gasteiger charge is 2.19. The maximum absolute atomic E-state index is 13.9. The van der Waals surface area contributed by atoms with Gasteiger partial charge in [0, 0.05) is 16.2 Å². The second kappa shape index (κ2) is 7.30. The summed E-state index contributed by atoms with van der Waals surface area (Å²) in [5.74, 6) is 0.553. The van der Waals surface area contributed by atoms with E-state index in [4.69, 9.17) is 14.4 Å². The lowest BCUT2D eigenvalue weighted by molar-refractivity contribution is 0.669. The van der Waals surface area contributed by atoms with Gasteiger partial charge in [-0.1, -0.05) is 60.7 Å². The zero-order valence-corrected chi connectivity index (χ0v) is 20.5. The minimum absolute atomic E-state index is 0.133. The van der Waals surface area contributed by atoms with Crippen molar-refractivity contribution in [3.63, 3.8) is 0 Å². The lowest BCUT2D eigenvalue weighted by Crippen LogP contribution is -2.18. The predicted molar refractivity (Wildman–Crippen MR) is 155 cm³/mol. The normalized spacial score (nSPS) is 12.2. The molecule has 0 bridgehead atoms. The van der Waals surface area contributed by atoms with Crippen molar-refractivity contribution < 1.29 is 4.42 Å². The van der Waals surface area contributed by atoms with Crippen LogP contribution < -0.4 is 5.56 Å². The van der Waals surface area contributed by atoms with E-state index in [0.717, 1.165) is 55.0 Å². The average molecular weight is 503 g/mol. The van der Waals surface area contributed by atoms with Crippen LogP contribution in [0.1, 0.15) is 0 Å². The highest BCUT2D eigenvalue weighted by atomic mass is 16.3. The number of nitrogens with zero attached hydrogens (tertiary/aromatic N) is 4. The van der Waals surface area contributed by atoms with Gasteiger partial charge in [0.1, 0.15) is 11.2 Å². The first-order valence-corrected chi connectivity index (χ1v) is 12.8. The fraction of sp³-hybridized carbons (Fsp3) is 0. The van der Waals surface area contributed by atoms with E-state index in [1.807, 2.05) is 78.9 Å². The summed E-state index contributed by atoms with van der Waals surface area (Å²) in [6.45, 7) is 0. The van der Waals surface area contributed by atoms with Crippen molar-refractivity contribution in [1.82, 2.24) is 18.8 Å². The van der Waals surface area contributed by atoms with Crippen LogP contribution in [0.4, 0.5) is 0 Å². The number of benzene rings is 5. The Labute approximate surface area is 220 Å². The molecule has 0 atom stereocenters. The molecule has 0 aliphatic carbocycles. The van der Waals surface area contributed by atoms with E-state index in [-0.39, 0.29) is 5.56 Å². The molecule has 0 amide bonds. The molecule has 0 aliphatic rings. The Kier molecular flexibility index (Phi) is 3.85. The van der Waals surface area contributed by atoms with Gasteiger partial charge in [-0.15, -0.1) is 0 Å². The molecule has 6 heteroatoms. The van der Waals surface area contributed by atoms with Crippen molar-refractivity contribution in [1.29, 1.82) is 0 Å². The van der Waals surface area contributed by atoms with Crippen LogP contribution in [0.5, 0.6) is 0 Å². The van der Waals surface area contributed by atoms with Crippen LogP contribution in [-0.2, 0) is 0 Å². The van der Waals surface area contributed by atoms with Crippen LogP contribution in [0.15, 0.2) is 118 Å². The molecule has 0 saturated heterocycles. The highest BCUT2D eigenvalue weighted by Crippen LogP contribution is 2.38. The SMILES string of the molecule is O=c1c2ccccc2nc2c3cc(-c4cccc5oc6ccccc6c45)ccc3n3c4ccccc4nc3n12. The van der Waals surface area contributed by atoms with Crippen LogP contribution >= 0.6 is 0 Å². The maximum atomic E-state index is 13.9. The van der Waals surface area contributed by atoms with E-state index in [2.05, 4.69) is 34.7 Å². The number of furan rings is 1. The second-order valence-corrected chi connectivity index (χ2v) is 9.84. The van der Waals surface area contributed by atoms with Gasteiger partial charge in [0.2, 0.25) is 5.78 Å². The fourth-order valence-corrected chi connectivity index (χ4v) is 5.99. The molecule has 0 fully saturated rings. The number of imidazole rings is 1. The smallest absolute Gasteiger partial charge is 0.268 e. The van der Waals surface area contributed by atoms with Gasteiger partial charge in [0.25, 0.3) is 5.56 Å². The predicted octanol–water partition coefficient (Wildman–Crippen LogP) is 7.37. The minimum Gasteiger partial charge on any atom is -0.456 e. The largest absolute Gasteiger partial charge is 0.456 e. The number of hydrogen-bond acceptors (Lipinski definition) is 4. The Morgan fingerprint density at radius 3 is 2.28 bits per heavy atom. The number of aromatic nitrogens is 4. The van der Waals surface area contributed by atoms with Gasteiger partial charge in [-0.05, 0) is 59.7 Å². The van der Waals surface area contributed by atoms with Crippen molar-refractivity contribution in [3.8, 4) is 11.1 Å². The third kappa shape index (κ3) is 2.67. The molecule has 5 aromatic carbocycles. The summed E-state index contributed by atoms with van der Waals surface area (Å²) < 4.78 is 9.88. The van der Waals surface area contributed by atoms with Crippen LogP contribution in [0.2, 0.25) is 0 Å². The first-order chi connectivity index (χ1) is 19.3. The van der Waals surface area contributed by atoms with Crippen LogP contribution in [0.25, 0.3) is 77.3 Å². The lowest BCUT2D eigenvalue weighted by atomic mass is 9.98. The first kappa shape index (κ1) is 20.6. The Bertz CT molecular complexity index is 2530. The molecule has 39 heavy (non-hydrogen) atoms. The topological polar surface area (TPSA) is 64.8 Å². The molecule has 6 nitrogen and oxygen atoms in total. The number of rotatable bonds is 1. The molecule has 4 heterocycles. The number of fused-ring (bicyclic) bond motifs is 12. The number of para-hydroxylation sites is 4. The summed E-state index contributed by atoms with van der Waals surface area (Å²) in [5, 5.41) is 3.58. The van der Waals surface area contributed by atoms with Crippen molar-refractivity contribution in [3.05, 3.63) is 120 Å². The van der Waals surface area contributed by atoms with Gasteiger partial charge in [-0.2, -0.15) is 0 Å². The van der Waals surface area contributed by atoms with E-state index in [1.54, 1.807) is 4.40 Å². The van der Waals surface area contributed by atoms with Gasteiger partial charge in [-0.25, -0.2) is 14.4 Å². The summed E-state index contributed by atoms with van der Waals surface area (Å²) in [6, 6.07) is 36.1. The zero-order chi connectivity index (χ0) is 25.7.